The van der Waals surface area contributed by atoms with E-state index in [9.17, 15) is 0 Å². The van der Waals surface area contributed by atoms with Crippen molar-refractivity contribution in [3.63, 3.8) is 0 Å². The largest absolute Gasteiger partial charge is 0.313 e. The molecule has 1 N–H and O–H groups in total. The maximum atomic E-state index is 6.28. The number of benzene rings is 1. The monoisotopic (exact) mass is 293 g/mol. The Bertz CT molecular complexity index is 519. The second-order valence-electron chi connectivity index (χ2n) is 4.03. The summed E-state index contributed by atoms with van der Waals surface area (Å²) in [5.74, 6) is 0. The van der Waals surface area contributed by atoms with Gasteiger partial charge in [0.05, 0.1) is 0 Å². The van der Waals surface area contributed by atoms with Gasteiger partial charge in [0.1, 0.15) is 0 Å². The van der Waals surface area contributed by atoms with E-state index in [2.05, 4.69) is 28.3 Å². The maximum absolute atomic E-state index is 6.28. The molecule has 0 atom stereocenters. The number of nitrogens with one attached hydrogen (secondary N) is 1. The quantitative estimate of drug-likeness (QED) is 0.650. The number of aromatic nitrogens is 2. The Balaban J connectivity index is 2.17. The molecule has 0 spiro atoms. The van der Waals surface area contributed by atoms with E-state index in [1.807, 2.05) is 18.2 Å². The topological polar surface area (TPSA) is 37.8 Å². The minimum absolute atomic E-state index is 0.738. The zero-order valence-electron chi connectivity index (χ0n) is 10.8. The maximum Gasteiger partial charge on any atom is 0.192 e. The number of rotatable bonds is 6. The average Bonchev–Trinajstić information content (AvgIpc) is 2.43. The predicted octanol–water partition coefficient (Wildman–Crippen LogP) is 3.78. The Morgan fingerprint density at radius 3 is 2.74 bits per heavy atom. The van der Waals surface area contributed by atoms with Crippen molar-refractivity contribution in [1.82, 2.24) is 15.3 Å². The van der Waals surface area contributed by atoms with Crippen molar-refractivity contribution in [1.29, 1.82) is 0 Å². The van der Waals surface area contributed by atoms with Crippen LogP contribution in [-0.2, 0) is 6.54 Å². The van der Waals surface area contributed by atoms with Crippen LogP contribution in [-0.4, -0.2) is 16.5 Å². The predicted molar refractivity (Wildman–Crippen MR) is 79.6 cm³/mol. The van der Waals surface area contributed by atoms with Crippen LogP contribution in [0.15, 0.2) is 46.7 Å². The van der Waals surface area contributed by atoms with Gasteiger partial charge in [-0.3, -0.25) is 0 Å². The molecule has 3 nitrogen and oxygen atoms in total. The lowest BCUT2D eigenvalue weighted by Gasteiger charge is -2.11. The molecule has 2 rings (SSSR count). The van der Waals surface area contributed by atoms with Crippen LogP contribution in [0.25, 0.3) is 0 Å². The van der Waals surface area contributed by atoms with E-state index < -0.39 is 0 Å². The molecule has 0 saturated heterocycles. The Hall–Kier alpha value is -1.10. The van der Waals surface area contributed by atoms with Gasteiger partial charge < -0.3 is 5.32 Å². The van der Waals surface area contributed by atoms with E-state index in [-0.39, 0.29) is 0 Å². The van der Waals surface area contributed by atoms with Crippen molar-refractivity contribution in [2.24, 2.45) is 0 Å². The fourth-order valence-corrected chi connectivity index (χ4v) is 2.81. The van der Waals surface area contributed by atoms with E-state index in [1.165, 1.54) is 11.8 Å². The average molecular weight is 294 g/mol. The number of nitrogens with zero attached hydrogens (tertiary/aromatic N) is 2. The number of hydrogen-bond acceptors (Lipinski definition) is 4. The first-order chi connectivity index (χ1) is 9.31. The summed E-state index contributed by atoms with van der Waals surface area (Å²) in [7, 11) is 0. The van der Waals surface area contributed by atoms with Crippen LogP contribution < -0.4 is 5.32 Å². The zero-order chi connectivity index (χ0) is 13.5. The lowest BCUT2D eigenvalue weighted by atomic mass is 10.2. The van der Waals surface area contributed by atoms with E-state index in [1.54, 1.807) is 12.4 Å². The standard InChI is InChI=1S/C14H16ClN3S/c1-2-7-16-10-11-12(15)5-3-6-13(11)19-14-17-8-4-9-18-14/h3-6,8-9,16H,2,7,10H2,1H3. The molecule has 100 valence electrons. The highest BCUT2D eigenvalue weighted by Crippen LogP contribution is 2.31. The Kier molecular flexibility index (Phi) is 5.63. The molecular weight excluding hydrogens is 278 g/mol. The second kappa shape index (κ2) is 7.48. The zero-order valence-corrected chi connectivity index (χ0v) is 12.3. The van der Waals surface area contributed by atoms with Crippen LogP contribution in [0.2, 0.25) is 5.02 Å². The van der Waals surface area contributed by atoms with Gasteiger partial charge in [0.25, 0.3) is 0 Å². The van der Waals surface area contributed by atoms with E-state index in [0.29, 0.717) is 0 Å². The van der Waals surface area contributed by atoms with Crippen molar-refractivity contribution in [3.05, 3.63) is 47.2 Å². The Labute approximate surface area is 122 Å². The molecule has 0 fully saturated rings. The molecule has 0 aliphatic heterocycles. The second-order valence-corrected chi connectivity index (χ2v) is 5.44. The lowest BCUT2D eigenvalue weighted by molar-refractivity contribution is 0.669. The summed E-state index contributed by atoms with van der Waals surface area (Å²) in [4.78, 5) is 9.56. The van der Waals surface area contributed by atoms with Crippen LogP contribution in [0.1, 0.15) is 18.9 Å². The summed E-state index contributed by atoms with van der Waals surface area (Å²) >= 11 is 7.82. The molecule has 0 amide bonds. The molecule has 0 unspecified atom stereocenters. The van der Waals surface area contributed by atoms with Gasteiger partial charge in [0, 0.05) is 28.9 Å². The molecule has 0 aliphatic carbocycles. The first kappa shape index (κ1) is 14.3. The van der Waals surface area contributed by atoms with Gasteiger partial charge in [-0.2, -0.15) is 0 Å². The van der Waals surface area contributed by atoms with Crippen LogP contribution in [0.4, 0.5) is 0 Å². The van der Waals surface area contributed by atoms with Crippen LogP contribution in [0, 0.1) is 0 Å². The summed E-state index contributed by atoms with van der Waals surface area (Å²) in [6, 6.07) is 7.74. The van der Waals surface area contributed by atoms with Crippen LogP contribution >= 0.6 is 23.4 Å². The van der Waals surface area contributed by atoms with Crippen molar-refractivity contribution >= 4 is 23.4 Å². The van der Waals surface area contributed by atoms with Crippen molar-refractivity contribution in [3.8, 4) is 0 Å². The highest BCUT2D eigenvalue weighted by molar-refractivity contribution is 7.99. The highest BCUT2D eigenvalue weighted by Gasteiger charge is 2.09. The first-order valence-electron chi connectivity index (χ1n) is 6.24. The summed E-state index contributed by atoms with van der Waals surface area (Å²) in [6.45, 7) is 3.90. The van der Waals surface area contributed by atoms with E-state index in [4.69, 9.17) is 11.6 Å². The molecule has 2 aromatic rings. The third-order valence-electron chi connectivity index (χ3n) is 2.55. The third kappa shape index (κ3) is 4.20. The molecular formula is C14H16ClN3S. The van der Waals surface area contributed by atoms with Crippen LogP contribution in [0.3, 0.4) is 0 Å². The van der Waals surface area contributed by atoms with Gasteiger partial charge in [-0.15, -0.1) is 0 Å². The third-order valence-corrected chi connectivity index (χ3v) is 3.90. The molecule has 1 heterocycles. The molecule has 0 radical (unpaired) electrons. The number of halogens is 1. The highest BCUT2D eigenvalue weighted by atomic mass is 35.5. The normalized spacial score (nSPS) is 10.6. The van der Waals surface area contributed by atoms with Crippen molar-refractivity contribution in [2.45, 2.75) is 29.9 Å². The fourth-order valence-electron chi connectivity index (χ4n) is 1.63. The Morgan fingerprint density at radius 2 is 2.00 bits per heavy atom. The first-order valence-corrected chi connectivity index (χ1v) is 7.43. The molecule has 1 aromatic carbocycles. The SMILES string of the molecule is CCCNCc1c(Cl)cccc1Sc1ncccn1. The molecule has 0 saturated carbocycles. The minimum atomic E-state index is 0.738. The molecule has 1 aromatic heterocycles. The smallest absolute Gasteiger partial charge is 0.192 e. The van der Waals surface area contributed by atoms with Gasteiger partial charge in [0.2, 0.25) is 0 Å². The molecule has 5 heteroatoms. The molecule has 19 heavy (non-hydrogen) atoms. The summed E-state index contributed by atoms with van der Waals surface area (Å²) < 4.78 is 0. The van der Waals surface area contributed by atoms with Gasteiger partial charge in [-0.05, 0) is 48.5 Å². The van der Waals surface area contributed by atoms with Crippen molar-refractivity contribution in [2.75, 3.05) is 6.54 Å². The minimum Gasteiger partial charge on any atom is -0.313 e. The molecule has 0 bridgehead atoms. The number of hydrogen-bond donors (Lipinski definition) is 1. The summed E-state index contributed by atoms with van der Waals surface area (Å²) in [6.07, 6.45) is 4.60. The van der Waals surface area contributed by atoms with Crippen molar-refractivity contribution < 1.29 is 0 Å². The summed E-state index contributed by atoms with van der Waals surface area (Å²) in [5.41, 5.74) is 1.11. The van der Waals surface area contributed by atoms with E-state index >= 15 is 0 Å². The summed E-state index contributed by atoms with van der Waals surface area (Å²) in [5, 5.41) is 4.90. The van der Waals surface area contributed by atoms with Crippen LogP contribution in [0.5, 0.6) is 0 Å². The fraction of sp³-hybridized carbons (Fsp3) is 0.286. The van der Waals surface area contributed by atoms with Gasteiger partial charge in [0.15, 0.2) is 5.16 Å². The lowest BCUT2D eigenvalue weighted by Crippen LogP contribution is -2.14. The van der Waals surface area contributed by atoms with Gasteiger partial charge in [-0.25, -0.2) is 9.97 Å². The van der Waals surface area contributed by atoms with Gasteiger partial charge >= 0.3 is 0 Å². The van der Waals surface area contributed by atoms with Gasteiger partial charge in [-0.1, -0.05) is 24.6 Å². The molecule has 0 aliphatic rings. The Morgan fingerprint density at radius 1 is 1.21 bits per heavy atom. The van der Waals surface area contributed by atoms with E-state index in [0.717, 1.165) is 40.1 Å².